The molecule has 0 amide bonds. The standard InChI is InChI=1S/C13H19N/c1-2-3-4-8-11-14-12-13-9-6-5-7-10-13/h2,5-7,9-10,14H,1,3-4,8,11-12H2. The predicted octanol–water partition coefficient (Wildman–Crippen LogP) is 3.13. The monoisotopic (exact) mass is 189 g/mol. The summed E-state index contributed by atoms with van der Waals surface area (Å²) >= 11 is 0. The van der Waals surface area contributed by atoms with E-state index in [1.807, 2.05) is 12.1 Å². The van der Waals surface area contributed by atoms with Gasteiger partial charge in [-0.15, -0.1) is 6.58 Å². The van der Waals surface area contributed by atoms with Gasteiger partial charge in [-0.2, -0.15) is 0 Å². The van der Waals surface area contributed by atoms with Crippen molar-refractivity contribution in [3.63, 3.8) is 0 Å². The first kappa shape index (κ1) is 11.0. The SMILES string of the molecule is C=CCCCCNCc1ccccc1. The molecule has 0 aromatic heterocycles. The molecule has 1 aromatic carbocycles. The highest BCUT2D eigenvalue weighted by Gasteiger charge is 1.90. The minimum atomic E-state index is 0.981. The van der Waals surface area contributed by atoms with Crippen LogP contribution in [0.5, 0.6) is 0 Å². The van der Waals surface area contributed by atoms with Crippen molar-refractivity contribution in [1.82, 2.24) is 5.32 Å². The van der Waals surface area contributed by atoms with Crippen LogP contribution >= 0.6 is 0 Å². The third kappa shape index (κ3) is 4.83. The lowest BCUT2D eigenvalue weighted by Crippen LogP contribution is -2.14. The Labute approximate surface area is 86.8 Å². The molecule has 0 bridgehead atoms. The molecule has 0 aliphatic rings. The molecule has 0 aliphatic heterocycles. The summed E-state index contributed by atoms with van der Waals surface area (Å²) in [5, 5.41) is 3.43. The molecule has 0 atom stereocenters. The van der Waals surface area contributed by atoms with E-state index < -0.39 is 0 Å². The fourth-order valence-corrected chi connectivity index (χ4v) is 1.37. The number of nitrogens with one attached hydrogen (secondary N) is 1. The summed E-state index contributed by atoms with van der Waals surface area (Å²) in [6.45, 7) is 5.79. The minimum absolute atomic E-state index is 0.981. The van der Waals surface area contributed by atoms with E-state index in [1.165, 1.54) is 18.4 Å². The maximum atomic E-state index is 3.71. The molecular weight excluding hydrogens is 170 g/mol. The first-order valence-corrected chi connectivity index (χ1v) is 5.29. The van der Waals surface area contributed by atoms with Crippen molar-refractivity contribution >= 4 is 0 Å². The van der Waals surface area contributed by atoms with Crippen LogP contribution in [-0.2, 0) is 6.54 Å². The molecule has 76 valence electrons. The zero-order valence-electron chi connectivity index (χ0n) is 8.71. The first-order chi connectivity index (χ1) is 6.93. The Morgan fingerprint density at radius 1 is 1.14 bits per heavy atom. The Balaban J connectivity index is 2.02. The molecule has 1 nitrogen and oxygen atoms in total. The van der Waals surface area contributed by atoms with Crippen LogP contribution in [0.15, 0.2) is 43.0 Å². The Morgan fingerprint density at radius 3 is 2.64 bits per heavy atom. The normalized spacial score (nSPS) is 10.0. The summed E-state index contributed by atoms with van der Waals surface area (Å²) in [7, 11) is 0. The lowest BCUT2D eigenvalue weighted by Gasteiger charge is -2.03. The molecule has 0 saturated heterocycles. The molecule has 1 aromatic rings. The quantitative estimate of drug-likeness (QED) is 0.513. The molecule has 0 saturated carbocycles. The molecule has 1 heteroatoms. The number of benzene rings is 1. The van der Waals surface area contributed by atoms with Crippen LogP contribution in [-0.4, -0.2) is 6.54 Å². The molecule has 0 unspecified atom stereocenters. The van der Waals surface area contributed by atoms with Crippen LogP contribution in [0.25, 0.3) is 0 Å². The molecule has 1 rings (SSSR count). The van der Waals surface area contributed by atoms with E-state index in [0.29, 0.717) is 0 Å². The van der Waals surface area contributed by atoms with Gasteiger partial charge in [-0.05, 0) is 31.4 Å². The van der Waals surface area contributed by atoms with Crippen LogP contribution < -0.4 is 5.32 Å². The zero-order valence-corrected chi connectivity index (χ0v) is 8.71. The van der Waals surface area contributed by atoms with Gasteiger partial charge in [-0.25, -0.2) is 0 Å². The number of hydrogen-bond acceptors (Lipinski definition) is 1. The molecule has 0 heterocycles. The van der Waals surface area contributed by atoms with Gasteiger partial charge < -0.3 is 5.32 Å². The summed E-state index contributed by atoms with van der Waals surface area (Å²) in [6, 6.07) is 10.5. The van der Waals surface area contributed by atoms with E-state index in [4.69, 9.17) is 0 Å². The van der Waals surface area contributed by atoms with Crippen molar-refractivity contribution in [2.24, 2.45) is 0 Å². The van der Waals surface area contributed by atoms with Crippen LogP contribution in [0.3, 0.4) is 0 Å². The van der Waals surface area contributed by atoms with Gasteiger partial charge in [0.15, 0.2) is 0 Å². The van der Waals surface area contributed by atoms with Gasteiger partial charge >= 0.3 is 0 Å². The van der Waals surface area contributed by atoms with Gasteiger partial charge in [0, 0.05) is 6.54 Å². The Kier molecular flexibility index (Phi) is 5.76. The molecule has 0 radical (unpaired) electrons. The first-order valence-electron chi connectivity index (χ1n) is 5.29. The average molecular weight is 189 g/mol. The third-order valence-electron chi connectivity index (χ3n) is 2.18. The summed E-state index contributed by atoms with van der Waals surface area (Å²) in [5.41, 5.74) is 1.36. The van der Waals surface area contributed by atoms with E-state index in [1.54, 1.807) is 0 Å². The van der Waals surface area contributed by atoms with Crippen molar-refractivity contribution in [2.45, 2.75) is 25.8 Å². The highest BCUT2D eigenvalue weighted by Crippen LogP contribution is 1.98. The van der Waals surface area contributed by atoms with E-state index >= 15 is 0 Å². The van der Waals surface area contributed by atoms with Crippen LogP contribution in [0.4, 0.5) is 0 Å². The Bertz CT molecular complexity index is 241. The van der Waals surface area contributed by atoms with E-state index in [0.717, 1.165) is 19.5 Å². The minimum Gasteiger partial charge on any atom is -0.313 e. The number of unbranched alkanes of at least 4 members (excludes halogenated alkanes) is 2. The predicted molar refractivity (Wildman–Crippen MR) is 62.2 cm³/mol. The molecule has 0 spiro atoms. The number of allylic oxidation sites excluding steroid dienone is 1. The van der Waals surface area contributed by atoms with Gasteiger partial charge in [0.1, 0.15) is 0 Å². The van der Waals surface area contributed by atoms with Crippen molar-refractivity contribution in [3.8, 4) is 0 Å². The zero-order chi connectivity index (χ0) is 10.1. The van der Waals surface area contributed by atoms with Gasteiger partial charge in [-0.3, -0.25) is 0 Å². The summed E-state index contributed by atoms with van der Waals surface area (Å²) in [6.07, 6.45) is 5.59. The van der Waals surface area contributed by atoms with Crippen molar-refractivity contribution in [2.75, 3.05) is 6.54 Å². The van der Waals surface area contributed by atoms with Gasteiger partial charge in [-0.1, -0.05) is 36.4 Å². The fraction of sp³-hybridized carbons (Fsp3) is 0.385. The van der Waals surface area contributed by atoms with Gasteiger partial charge in [0.05, 0.1) is 0 Å². The smallest absolute Gasteiger partial charge is 0.0205 e. The Morgan fingerprint density at radius 2 is 1.93 bits per heavy atom. The summed E-state index contributed by atoms with van der Waals surface area (Å²) in [4.78, 5) is 0. The molecule has 14 heavy (non-hydrogen) atoms. The highest BCUT2D eigenvalue weighted by atomic mass is 14.8. The topological polar surface area (TPSA) is 12.0 Å². The van der Waals surface area contributed by atoms with Gasteiger partial charge in [0.25, 0.3) is 0 Å². The van der Waals surface area contributed by atoms with Crippen LogP contribution in [0.1, 0.15) is 24.8 Å². The van der Waals surface area contributed by atoms with E-state index in [-0.39, 0.29) is 0 Å². The molecule has 1 N–H and O–H groups in total. The highest BCUT2D eigenvalue weighted by molar-refractivity contribution is 5.14. The lowest BCUT2D eigenvalue weighted by molar-refractivity contribution is 0.627. The van der Waals surface area contributed by atoms with Crippen molar-refractivity contribution < 1.29 is 0 Å². The average Bonchev–Trinajstić information content (AvgIpc) is 2.25. The molecular formula is C13H19N. The van der Waals surface area contributed by atoms with Crippen LogP contribution in [0, 0.1) is 0 Å². The summed E-state index contributed by atoms with van der Waals surface area (Å²) in [5.74, 6) is 0. The summed E-state index contributed by atoms with van der Waals surface area (Å²) < 4.78 is 0. The second-order valence-electron chi connectivity index (χ2n) is 3.45. The van der Waals surface area contributed by atoms with E-state index in [2.05, 4.69) is 36.2 Å². The molecule has 0 fully saturated rings. The second-order valence-corrected chi connectivity index (χ2v) is 3.45. The molecule has 0 aliphatic carbocycles. The third-order valence-corrected chi connectivity index (χ3v) is 2.18. The maximum Gasteiger partial charge on any atom is 0.0205 e. The second kappa shape index (κ2) is 7.34. The van der Waals surface area contributed by atoms with Crippen molar-refractivity contribution in [1.29, 1.82) is 0 Å². The van der Waals surface area contributed by atoms with Crippen LogP contribution in [0.2, 0.25) is 0 Å². The number of rotatable bonds is 7. The fourth-order valence-electron chi connectivity index (χ4n) is 1.37. The largest absolute Gasteiger partial charge is 0.313 e. The Hall–Kier alpha value is -1.08. The van der Waals surface area contributed by atoms with E-state index in [9.17, 15) is 0 Å². The maximum absolute atomic E-state index is 3.71. The van der Waals surface area contributed by atoms with Gasteiger partial charge in [0.2, 0.25) is 0 Å². The van der Waals surface area contributed by atoms with Crippen molar-refractivity contribution in [3.05, 3.63) is 48.6 Å². The lowest BCUT2D eigenvalue weighted by atomic mass is 10.2. The number of hydrogen-bond donors (Lipinski definition) is 1.